The third kappa shape index (κ3) is 6.82. The van der Waals surface area contributed by atoms with Gasteiger partial charge in [-0.05, 0) is 56.6 Å². The molecule has 0 bridgehead atoms. The number of carbonyl (C=O) groups is 2. The van der Waals surface area contributed by atoms with Crippen LogP contribution >= 0.6 is 0 Å². The number of hydrogen-bond acceptors (Lipinski definition) is 3. The lowest BCUT2D eigenvalue weighted by Gasteiger charge is -2.26. The van der Waals surface area contributed by atoms with E-state index in [9.17, 15) is 9.59 Å². The van der Waals surface area contributed by atoms with Crippen molar-refractivity contribution < 1.29 is 9.59 Å². The zero-order chi connectivity index (χ0) is 16.5. The topological polar surface area (TPSA) is 61.4 Å². The highest BCUT2D eigenvalue weighted by Crippen LogP contribution is 2.10. The smallest absolute Gasteiger partial charge is 0.224 e. The zero-order valence-corrected chi connectivity index (χ0v) is 13.9. The van der Waals surface area contributed by atoms with E-state index < -0.39 is 0 Å². The molecule has 0 saturated carbocycles. The van der Waals surface area contributed by atoms with Gasteiger partial charge in [-0.3, -0.25) is 9.59 Å². The molecule has 126 valence electrons. The van der Waals surface area contributed by atoms with Crippen LogP contribution in [0.25, 0.3) is 0 Å². The molecule has 23 heavy (non-hydrogen) atoms. The maximum Gasteiger partial charge on any atom is 0.224 e. The highest BCUT2D eigenvalue weighted by Gasteiger charge is 2.09. The van der Waals surface area contributed by atoms with Gasteiger partial charge in [-0.1, -0.05) is 18.6 Å². The van der Waals surface area contributed by atoms with Gasteiger partial charge in [-0.25, -0.2) is 0 Å². The van der Waals surface area contributed by atoms with Crippen molar-refractivity contribution in [2.45, 2.75) is 39.0 Å². The molecule has 0 radical (unpaired) electrons. The first-order chi connectivity index (χ1) is 11.1. The molecule has 1 fully saturated rings. The molecule has 2 N–H and O–H groups in total. The molecule has 5 nitrogen and oxygen atoms in total. The first-order valence-electron chi connectivity index (χ1n) is 8.49. The first-order valence-corrected chi connectivity index (χ1v) is 8.49. The predicted octanol–water partition coefficient (Wildman–Crippen LogP) is 2.18. The van der Waals surface area contributed by atoms with Gasteiger partial charge >= 0.3 is 0 Å². The number of likely N-dealkylation sites (tertiary alicyclic amines) is 1. The van der Waals surface area contributed by atoms with Crippen LogP contribution in [0.4, 0.5) is 5.69 Å². The fraction of sp³-hybridized carbons (Fsp3) is 0.556. The summed E-state index contributed by atoms with van der Waals surface area (Å²) in [6, 6.07) is 7.39. The van der Waals surface area contributed by atoms with Gasteiger partial charge in [0.25, 0.3) is 0 Å². The molecule has 0 spiro atoms. The number of anilines is 1. The maximum absolute atomic E-state index is 11.9. The van der Waals surface area contributed by atoms with Gasteiger partial charge in [0.2, 0.25) is 11.8 Å². The average molecular weight is 317 g/mol. The number of hydrogen-bond donors (Lipinski definition) is 2. The summed E-state index contributed by atoms with van der Waals surface area (Å²) in [5.74, 6) is -0.0416. The summed E-state index contributed by atoms with van der Waals surface area (Å²) >= 11 is 0. The number of carbonyl (C=O) groups excluding carboxylic acids is 2. The third-order valence-corrected chi connectivity index (χ3v) is 4.06. The predicted molar refractivity (Wildman–Crippen MR) is 92.4 cm³/mol. The van der Waals surface area contributed by atoms with Crippen LogP contribution in [0.3, 0.4) is 0 Å². The largest absolute Gasteiger partial charge is 0.356 e. The summed E-state index contributed by atoms with van der Waals surface area (Å²) < 4.78 is 0. The van der Waals surface area contributed by atoms with Crippen molar-refractivity contribution >= 4 is 17.5 Å². The molecule has 2 rings (SSSR count). The molecule has 1 heterocycles. The molecule has 1 aliphatic heterocycles. The number of amides is 2. The standard InChI is InChI=1S/C18H27N3O2/c1-15(22)20-17-8-6-16(7-9-17)14-18(23)19-10-5-13-21-11-3-2-4-12-21/h6-9H,2-5,10-14H2,1H3,(H,19,23)(H,20,22). The van der Waals surface area contributed by atoms with Gasteiger partial charge in [0.1, 0.15) is 0 Å². The fourth-order valence-electron chi connectivity index (χ4n) is 2.87. The van der Waals surface area contributed by atoms with Crippen LogP contribution in [-0.2, 0) is 16.0 Å². The Kier molecular flexibility index (Phi) is 7.07. The number of rotatable bonds is 7. The molecular formula is C18H27N3O2. The maximum atomic E-state index is 11.9. The number of piperidine rings is 1. The van der Waals surface area contributed by atoms with E-state index in [1.165, 1.54) is 39.3 Å². The Morgan fingerprint density at radius 2 is 1.78 bits per heavy atom. The summed E-state index contributed by atoms with van der Waals surface area (Å²) in [5.41, 5.74) is 1.70. The van der Waals surface area contributed by atoms with Gasteiger partial charge in [0, 0.05) is 19.2 Å². The van der Waals surface area contributed by atoms with Gasteiger partial charge in [-0.2, -0.15) is 0 Å². The van der Waals surface area contributed by atoms with Crippen LogP contribution < -0.4 is 10.6 Å². The Hall–Kier alpha value is -1.88. The van der Waals surface area contributed by atoms with Crippen molar-refractivity contribution in [1.29, 1.82) is 0 Å². The molecule has 1 aromatic carbocycles. The molecule has 1 aliphatic rings. The lowest BCUT2D eigenvalue weighted by Crippen LogP contribution is -2.33. The van der Waals surface area contributed by atoms with Crippen LogP contribution in [0.1, 0.15) is 38.2 Å². The molecule has 2 amide bonds. The van der Waals surface area contributed by atoms with E-state index >= 15 is 0 Å². The van der Waals surface area contributed by atoms with E-state index in [0.717, 1.165) is 30.8 Å². The van der Waals surface area contributed by atoms with Crippen LogP contribution in [0, 0.1) is 0 Å². The number of benzene rings is 1. The SMILES string of the molecule is CC(=O)Nc1ccc(CC(=O)NCCCN2CCCCC2)cc1. The Morgan fingerprint density at radius 1 is 1.09 bits per heavy atom. The van der Waals surface area contributed by atoms with E-state index in [2.05, 4.69) is 15.5 Å². The highest BCUT2D eigenvalue weighted by molar-refractivity contribution is 5.88. The fourth-order valence-corrected chi connectivity index (χ4v) is 2.87. The van der Waals surface area contributed by atoms with Gasteiger partial charge in [0.05, 0.1) is 6.42 Å². The van der Waals surface area contributed by atoms with Crippen LogP contribution in [-0.4, -0.2) is 42.9 Å². The molecule has 0 aromatic heterocycles. The molecule has 0 atom stereocenters. The van der Waals surface area contributed by atoms with Gasteiger partial charge in [-0.15, -0.1) is 0 Å². The first kappa shape index (κ1) is 17.5. The van der Waals surface area contributed by atoms with E-state index in [1.54, 1.807) is 0 Å². The Balaban J connectivity index is 1.63. The second-order valence-corrected chi connectivity index (χ2v) is 6.16. The van der Waals surface area contributed by atoms with Crippen molar-refractivity contribution in [1.82, 2.24) is 10.2 Å². The minimum atomic E-state index is -0.0933. The number of nitrogens with zero attached hydrogens (tertiary/aromatic N) is 1. The summed E-state index contributed by atoms with van der Waals surface area (Å²) in [6.45, 7) is 5.69. The summed E-state index contributed by atoms with van der Waals surface area (Å²) in [4.78, 5) is 25.4. The quantitative estimate of drug-likeness (QED) is 0.758. The molecule has 1 saturated heterocycles. The van der Waals surface area contributed by atoms with E-state index in [4.69, 9.17) is 0 Å². The minimum Gasteiger partial charge on any atom is -0.356 e. The van der Waals surface area contributed by atoms with E-state index in [-0.39, 0.29) is 11.8 Å². The Bertz CT molecular complexity index is 508. The Morgan fingerprint density at radius 3 is 2.43 bits per heavy atom. The van der Waals surface area contributed by atoms with Crippen molar-refractivity contribution in [3.05, 3.63) is 29.8 Å². The molecule has 5 heteroatoms. The zero-order valence-electron chi connectivity index (χ0n) is 13.9. The second-order valence-electron chi connectivity index (χ2n) is 6.16. The highest BCUT2D eigenvalue weighted by atomic mass is 16.2. The molecule has 1 aromatic rings. The summed E-state index contributed by atoms with van der Waals surface area (Å²) in [6.07, 6.45) is 5.35. The van der Waals surface area contributed by atoms with Crippen LogP contribution in [0.2, 0.25) is 0 Å². The lowest BCUT2D eigenvalue weighted by molar-refractivity contribution is -0.120. The second kappa shape index (κ2) is 9.30. The molecular weight excluding hydrogens is 290 g/mol. The molecule has 0 unspecified atom stereocenters. The van der Waals surface area contributed by atoms with Crippen LogP contribution in [0.5, 0.6) is 0 Å². The van der Waals surface area contributed by atoms with Gasteiger partial charge in [0.15, 0.2) is 0 Å². The normalized spacial score (nSPS) is 15.2. The summed E-state index contributed by atoms with van der Waals surface area (Å²) in [7, 11) is 0. The lowest BCUT2D eigenvalue weighted by atomic mass is 10.1. The monoisotopic (exact) mass is 317 g/mol. The van der Waals surface area contributed by atoms with Gasteiger partial charge < -0.3 is 15.5 Å². The third-order valence-electron chi connectivity index (χ3n) is 4.06. The van der Waals surface area contributed by atoms with E-state index in [0.29, 0.717) is 6.42 Å². The molecule has 0 aliphatic carbocycles. The van der Waals surface area contributed by atoms with Crippen molar-refractivity contribution in [3.8, 4) is 0 Å². The van der Waals surface area contributed by atoms with Crippen molar-refractivity contribution in [2.75, 3.05) is 31.5 Å². The van der Waals surface area contributed by atoms with E-state index in [1.807, 2.05) is 24.3 Å². The van der Waals surface area contributed by atoms with Crippen molar-refractivity contribution in [2.24, 2.45) is 0 Å². The minimum absolute atomic E-state index is 0.0518. The van der Waals surface area contributed by atoms with Crippen LogP contribution in [0.15, 0.2) is 24.3 Å². The number of nitrogens with one attached hydrogen (secondary N) is 2. The summed E-state index contributed by atoms with van der Waals surface area (Å²) in [5, 5.41) is 5.70. The van der Waals surface area contributed by atoms with Crippen molar-refractivity contribution in [3.63, 3.8) is 0 Å². The Labute approximate surface area is 138 Å². The average Bonchev–Trinajstić information content (AvgIpc) is 2.54.